The van der Waals surface area contributed by atoms with E-state index in [2.05, 4.69) is 52.2 Å². The average molecular weight is 1040 g/mol. The fourth-order valence-electron chi connectivity index (χ4n) is 7.11. The fraction of sp³-hybridized carbons (Fsp3) is 0.628. The molecule has 408 valence electrons. The molecule has 0 spiro atoms. The van der Waals surface area contributed by atoms with Gasteiger partial charge in [-0.2, -0.15) is 0 Å². The first-order valence-corrected chi connectivity index (χ1v) is 23.8. The van der Waals surface area contributed by atoms with Crippen LogP contribution in [0.2, 0.25) is 0 Å². The number of guanidine groups is 1. The molecule has 0 aliphatic carbocycles. The zero-order valence-electron chi connectivity index (χ0n) is 40.8. The van der Waals surface area contributed by atoms with Crippen molar-refractivity contribution in [2.24, 2.45) is 39.4 Å². The number of alkyl halides is 1. The molecular weight excluding hydrogens is 964 g/mol. The second-order valence-corrected chi connectivity index (χ2v) is 17.0. The van der Waals surface area contributed by atoms with Crippen molar-refractivity contribution < 1.29 is 57.8 Å². The number of unbranched alkanes of at least 4 members (excludes halogenated alkanes) is 2. The maximum absolute atomic E-state index is 15.2. The van der Waals surface area contributed by atoms with Crippen LogP contribution >= 0.6 is 0 Å². The number of aliphatic hydroxyl groups excluding tert-OH is 1. The van der Waals surface area contributed by atoms with Crippen LogP contribution in [0.5, 0.6) is 0 Å². The molecule has 0 saturated carbocycles. The fourth-order valence-corrected chi connectivity index (χ4v) is 7.11. The van der Waals surface area contributed by atoms with Gasteiger partial charge in [0.1, 0.15) is 47.8 Å². The van der Waals surface area contributed by atoms with Gasteiger partial charge in [0.15, 0.2) is 5.96 Å². The van der Waals surface area contributed by atoms with E-state index in [-0.39, 0.29) is 64.1 Å². The molecule has 8 atom stereocenters. The number of aromatic amines is 1. The second-order valence-electron chi connectivity index (χ2n) is 17.0. The zero-order valence-corrected chi connectivity index (χ0v) is 40.8. The van der Waals surface area contributed by atoms with Crippen LogP contribution in [0.25, 0.3) is 0 Å². The van der Waals surface area contributed by atoms with Crippen LogP contribution in [0.1, 0.15) is 76.8 Å². The van der Waals surface area contributed by atoms with Gasteiger partial charge in [-0.05, 0) is 77.9 Å². The molecule has 30 heteroatoms. The highest BCUT2D eigenvalue weighted by Gasteiger charge is 2.42. The third kappa shape index (κ3) is 22.1. The lowest BCUT2D eigenvalue weighted by atomic mass is 10.1. The van der Waals surface area contributed by atoms with E-state index in [0.29, 0.717) is 37.9 Å². The lowest BCUT2D eigenvalue weighted by molar-refractivity contribution is -0.137. The summed E-state index contributed by atoms with van der Waals surface area (Å²) in [5, 5.41) is 44.2. The van der Waals surface area contributed by atoms with Crippen LogP contribution in [-0.2, 0) is 49.6 Å². The van der Waals surface area contributed by atoms with Gasteiger partial charge in [0.25, 0.3) is 11.8 Å². The Morgan fingerprint density at radius 1 is 0.890 bits per heavy atom. The minimum Gasteiger partial charge on any atom is -0.477 e. The molecule has 0 radical (unpaired) electrons. The SMILES string of the molecule is C[C@H](NC(=O)[C@@H](NC(=O)[C@@H](N)CCCCN)[C@@H](O)CN)C(=O)NCC(=O)/N=C(\CCCN)C(=O)N1C[C@H](F)C[C@H]1C(=O)N[C@@H](Cc1cnc[nH]1)C(=O)N[C@@H](CCCCN)C(=O)N/C(=C\CCNC(=N)N)C(=O)O. The minimum atomic E-state index is -1.75. The van der Waals surface area contributed by atoms with Gasteiger partial charge in [-0.25, -0.2) is 19.2 Å². The lowest BCUT2D eigenvalue weighted by Crippen LogP contribution is -2.60. The molecule has 1 fully saturated rings. The summed E-state index contributed by atoms with van der Waals surface area (Å²) in [5.74, 6) is -9.42. The summed E-state index contributed by atoms with van der Waals surface area (Å²) in [6, 6.07) is -8.38. The normalized spacial score (nSPS) is 17.2. The van der Waals surface area contributed by atoms with Crippen LogP contribution in [-0.4, -0.2) is 184 Å². The van der Waals surface area contributed by atoms with Crippen molar-refractivity contribution in [2.75, 3.05) is 45.8 Å². The molecule has 1 aliphatic rings. The van der Waals surface area contributed by atoms with Gasteiger partial charge >= 0.3 is 5.97 Å². The number of H-pyrrole nitrogens is 1. The molecule has 1 saturated heterocycles. The molecule has 0 unspecified atom stereocenters. The number of rotatable bonds is 33. The van der Waals surface area contributed by atoms with E-state index in [1.54, 1.807) is 0 Å². The van der Waals surface area contributed by atoms with Crippen LogP contribution in [0.15, 0.2) is 29.3 Å². The van der Waals surface area contributed by atoms with E-state index in [4.69, 9.17) is 39.8 Å². The Balaban J connectivity index is 2.28. The van der Waals surface area contributed by atoms with Gasteiger partial charge in [-0.1, -0.05) is 12.5 Å². The largest absolute Gasteiger partial charge is 0.477 e. The Bertz CT molecular complexity index is 2090. The number of imidazole rings is 1. The van der Waals surface area contributed by atoms with E-state index in [9.17, 15) is 53.4 Å². The smallest absolute Gasteiger partial charge is 0.352 e. The van der Waals surface area contributed by atoms with Crippen molar-refractivity contribution in [3.05, 3.63) is 30.0 Å². The Morgan fingerprint density at radius 2 is 1.56 bits per heavy atom. The van der Waals surface area contributed by atoms with Crippen LogP contribution < -0.4 is 71.6 Å². The van der Waals surface area contributed by atoms with Gasteiger partial charge in [-0.15, -0.1) is 0 Å². The number of nitrogens with two attached hydrogens (primary N) is 6. The number of carboxylic acid groups (broad SMARTS) is 1. The summed E-state index contributed by atoms with van der Waals surface area (Å²) < 4.78 is 15.2. The van der Waals surface area contributed by atoms with E-state index >= 15 is 4.39 Å². The number of carbonyl (C=O) groups excluding carboxylic acids is 8. The summed E-state index contributed by atoms with van der Waals surface area (Å²) >= 11 is 0. The summed E-state index contributed by atoms with van der Waals surface area (Å²) in [5.41, 5.74) is 32.9. The number of carboxylic acids is 1. The summed E-state index contributed by atoms with van der Waals surface area (Å²) in [7, 11) is 0. The van der Waals surface area contributed by atoms with E-state index in [0.717, 1.165) is 4.90 Å². The number of hydrogen-bond donors (Lipinski definition) is 17. The van der Waals surface area contributed by atoms with E-state index < -0.39 is 139 Å². The molecule has 1 aliphatic heterocycles. The molecule has 29 nitrogen and oxygen atoms in total. The maximum Gasteiger partial charge on any atom is 0.352 e. The summed E-state index contributed by atoms with van der Waals surface area (Å²) in [6.07, 6.45) is 1.80. The predicted molar refractivity (Wildman–Crippen MR) is 262 cm³/mol. The Morgan fingerprint density at radius 3 is 2.16 bits per heavy atom. The minimum absolute atomic E-state index is 0.0100. The number of hydrogen-bond acceptors (Lipinski definition) is 17. The Hall–Kier alpha value is -6.99. The number of carbonyl (C=O) groups is 9. The third-order valence-corrected chi connectivity index (χ3v) is 11.1. The Kier molecular flexibility index (Phi) is 28.0. The summed E-state index contributed by atoms with van der Waals surface area (Å²) in [4.78, 5) is 131. The predicted octanol–water partition coefficient (Wildman–Crippen LogP) is -6.46. The Labute approximate surface area is 420 Å². The summed E-state index contributed by atoms with van der Waals surface area (Å²) in [6.45, 7) is 0.0921. The second kappa shape index (κ2) is 32.9. The number of likely N-dealkylation sites (tertiary alicyclic amines) is 1. The highest BCUT2D eigenvalue weighted by molar-refractivity contribution is 6.40. The van der Waals surface area contributed by atoms with Crippen molar-refractivity contribution in [3.8, 4) is 0 Å². The van der Waals surface area contributed by atoms with Crippen LogP contribution in [0.4, 0.5) is 4.39 Å². The average Bonchev–Trinajstić information content (AvgIpc) is 4.02. The molecule has 1 aromatic rings. The molecule has 23 N–H and O–H groups in total. The van der Waals surface area contributed by atoms with Gasteiger partial charge in [0.2, 0.25) is 35.4 Å². The lowest BCUT2D eigenvalue weighted by Gasteiger charge is -2.27. The first-order chi connectivity index (χ1) is 34.7. The van der Waals surface area contributed by atoms with Crippen LogP contribution in [0, 0.1) is 5.41 Å². The van der Waals surface area contributed by atoms with Crippen LogP contribution in [0.3, 0.4) is 0 Å². The molecule has 0 aromatic carbocycles. The topological polar surface area (TPSA) is 503 Å². The number of halogens is 1. The van der Waals surface area contributed by atoms with Gasteiger partial charge < -0.3 is 91.7 Å². The van der Waals surface area contributed by atoms with Crippen molar-refractivity contribution in [1.29, 1.82) is 5.41 Å². The molecule has 1 aromatic heterocycles. The standard InChI is InChI=1S/C43H73FN18O11/c1-23(56-40(70)34(32(63)18-48)61-36(66)26(49)8-2-4-12-45)35(65)54-20-33(64)57-28(10-6-14-47)41(71)62-21-24(44)16-31(62)39(69)60-30(17-25-19-52-22-55-25)38(68)58-27(9-3-5-13-46)37(67)59-29(42(72)73)11-7-15-53-43(50)51/h11,19,22-24,26-27,30-32,34,63H,2-10,12-18,20-21,45-49H2,1H3,(H,52,55)(H,54,65)(H,56,70)(H,58,68)(H,59,67)(H,60,69)(H,61,66)(H,72,73)(H4,50,51,53)/b29-11-,57-28+/t23-,24+,26-,27-,30-,31-,32-,34-/m0/s1. The molecule has 0 bridgehead atoms. The monoisotopic (exact) mass is 1040 g/mol. The molecule has 73 heavy (non-hydrogen) atoms. The van der Waals surface area contributed by atoms with Crippen molar-refractivity contribution in [1.82, 2.24) is 52.1 Å². The van der Waals surface area contributed by atoms with Crippen molar-refractivity contribution >= 4 is 64.9 Å². The molecule has 2 rings (SSSR count). The number of nitrogens with one attached hydrogen (secondary N) is 9. The van der Waals surface area contributed by atoms with Crippen molar-refractivity contribution in [3.63, 3.8) is 0 Å². The first kappa shape index (κ1) is 62.1. The number of aliphatic carboxylic acids is 1. The van der Waals surface area contributed by atoms with Gasteiger partial charge in [0, 0.05) is 37.8 Å². The maximum atomic E-state index is 15.2. The number of aromatic nitrogens is 2. The molecular formula is C43H73FN18O11. The van der Waals surface area contributed by atoms with E-state index in [1.807, 2.05) is 0 Å². The van der Waals surface area contributed by atoms with Gasteiger partial charge in [-0.3, -0.25) is 43.8 Å². The van der Waals surface area contributed by atoms with Gasteiger partial charge in [0.05, 0.1) is 31.6 Å². The zero-order chi connectivity index (χ0) is 54.6. The number of aliphatic imine (C=N–C) groups is 1. The molecule has 2 heterocycles. The number of nitrogens with zero attached hydrogens (tertiary/aromatic N) is 3. The quantitative estimate of drug-likeness (QED) is 0.0135. The third-order valence-electron chi connectivity index (χ3n) is 11.1. The van der Waals surface area contributed by atoms with E-state index in [1.165, 1.54) is 25.5 Å². The first-order valence-electron chi connectivity index (χ1n) is 23.8. The molecule has 8 amide bonds. The van der Waals surface area contributed by atoms with Crippen molar-refractivity contribution in [2.45, 2.75) is 126 Å². The highest BCUT2D eigenvalue weighted by atomic mass is 19.1. The number of aliphatic hydroxyl groups is 1. The number of amides is 8. The highest BCUT2D eigenvalue weighted by Crippen LogP contribution is 2.22.